The van der Waals surface area contributed by atoms with Crippen LogP contribution in [0.2, 0.25) is 0 Å². The molecule has 1 aromatic carbocycles. The topological polar surface area (TPSA) is 151 Å². The summed E-state index contributed by atoms with van der Waals surface area (Å²) in [5, 5.41) is 22.7. The molecule has 0 saturated carbocycles. The van der Waals surface area contributed by atoms with Crippen molar-refractivity contribution < 1.29 is 29.3 Å². The lowest BCUT2D eigenvalue weighted by Gasteiger charge is -2.10. The number of nitrogens with zero attached hydrogens (tertiary/aromatic N) is 1. The number of H-pyrrole nitrogens is 1. The number of thiophene rings is 1. The zero-order valence-corrected chi connectivity index (χ0v) is 15.8. The summed E-state index contributed by atoms with van der Waals surface area (Å²) in [6.07, 6.45) is -0.768. The molecule has 29 heavy (non-hydrogen) atoms. The van der Waals surface area contributed by atoms with E-state index in [1.165, 1.54) is 13.2 Å². The fourth-order valence-corrected chi connectivity index (χ4v) is 3.22. The van der Waals surface area contributed by atoms with E-state index in [-0.39, 0.29) is 18.1 Å². The number of anilines is 1. The number of methoxy groups -OCH3 is 1. The van der Waals surface area contributed by atoms with Crippen LogP contribution in [0.25, 0.3) is 10.7 Å². The predicted octanol–water partition coefficient (Wildman–Crippen LogP) is 2.66. The molecule has 0 aliphatic rings. The summed E-state index contributed by atoms with van der Waals surface area (Å²) in [6, 6.07) is 8.60. The van der Waals surface area contributed by atoms with E-state index in [4.69, 9.17) is 14.6 Å². The number of para-hydroxylation sites is 1. The quantitative estimate of drug-likeness (QED) is 0.478. The molecule has 3 aromatic rings. The van der Waals surface area contributed by atoms with Gasteiger partial charge >= 0.3 is 12.1 Å². The molecule has 0 spiro atoms. The van der Waals surface area contributed by atoms with Crippen molar-refractivity contribution in [2.24, 2.45) is 0 Å². The first-order valence-electron chi connectivity index (χ1n) is 8.10. The summed E-state index contributed by atoms with van der Waals surface area (Å²) in [4.78, 5) is 41.4. The van der Waals surface area contributed by atoms with Gasteiger partial charge in [0.15, 0.2) is 11.5 Å². The van der Waals surface area contributed by atoms with Crippen molar-refractivity contribution >= 4 is 29.1 Å². The lowest BCUT2D eigenvalue weighted by atomic mass is 10.2. The second kappa shape index (κ2) is 8.44. The number of hydrogen-bond donors (Lipinski definition) is 4. The van der Waals surface area contributed by atoms with E-state index in [9.17, 15) is 19.5 Å². The van der Waals surface area contributed by atoms with Gasteiger partial charge in [-0.05, 0) is 17.5 Å². The Morgan fingerprint density at radius 3 is 2.76 bits per heavy atom. The van der Waals surface area contributed by atoms with Gasteiger partial charge in [-0.15, -0.1) is 11.3 Å². The molecule has 0 atom stereocenters. The van der Waals surface area contributed by atoms with Gasteiger partial charge in [-0.3, -0.25) is 10.1 Å². The van der Waals surface area contributed by atoms with Crippen molar-refractivity contribution in [3.05, 3.63) is 57.3 Å². The summed E-state index contributed by atoms with van der Waals surface area (Å²) in [6.45, 7) is -0.0349. The Labute approximate surface area is 167 Å². The van der Waals surface area contributed by atoms with Crippen LogP contribution in [0.5, 0.6) is 11.5 Å². The lowest BCUT2D eigenvalue weighted by Crippen LogP contribution is -2.16. The van der Waals surface area contributed by atoms with Gasteiger partial charge in [0.1, 0.15) is 12.4 Å². The van der Waals surface area contributed by atoms with Crippen LogP contribution in [-0.2, 0) is 11.3 Å². The number of carbonyl (C=O) groups is 2. The van der Waals surface area contributed by atoms with Gasteiger partial charge in [0, 0.05) is 5.56 Å². The molecule has 0 radical (unpaired) electrons. The molecule has 1 amide bonds. The summed E-state index contributed by atoms with van der Waals surface area (Å²) >= 11 is 1.10. The number of carboxylic acids is 1. The first-order chi connectivity index (χ1) is 13.9. The second-order valence-corrected chi connectivity index (χ2v) is 6.51. The van der Waals surface area contributed by atoms with E-state index in [1.807, 2.05) is 0 Å². The van der Waals surface area contributed by atoms with Crippen molar-refractivity contribution in [2.45, 2.75) is 6.61 Å². The Morgan fingerprint density at radius 1 is 1.28 bits per heavy atom. The fraction of sp³-hybridized carbons (Fsp3) is 0.111. The van der Waals surface area contributed by atoms with E-state index in [1.54, 1.807) is 29.6 Å². The number of amides is 1. The van der Waals surface area contributed by atoms with Gasteiger partial charge in [-0.25, -0.2) is 14.6 Å². The average molecular weight is 417 g/mol. The highest BCUT2D eigenvalue weighted by molar-refractivity contribution is 7.14. The van der Waals surface area contributed by atoms with E-state index in [0.717, 1.165) is 11.3 Å². The number of aromatic carboxylic acids is 1. The van der Waals surface area contributed by atoms with Gasteiger partial charge in [-0.1, -0.05) is 18.2 Å². The first-order valence-corrected chi connectivity index (χ1v) is 8.98. The highest BCUT2D eigenvalue weighted by atomic mass is 32.1. The van der Waals surface area contributed by atoms with E-state index in [0.29, 0.717) is 16.2 Å². The number of aromatic amines is 1. The van der Waals surface area contributed by atoms with Crippen LogP contribution in [0, 0.1) is 0 Å². The Balaban J connectivity index is 1.78. The number of hydrogen-bond acceptors (Lipinski definition) is 8. The van der Waals surface area contributed by atoms with Crippen LogP contribution in [0.1, 0.15) is 16.1 Å². The molecule has 2 aromatic heterocycles. The minimum atomic E-state index is -1.56. The smallest absolute Gasteiger partial charge is 0.412 e. The molecule has 10 nitrogen and oxygen atoms in total. The maximum atomic E-state index is 12.2. The number of rotatable bonds is 6. The van der Waals surface area contributed by atoms with Crippen LogP contribution >= 0.6 is 11.3 Å². The van der Waals surface area contributed by atoms with Crippen LogP contribution in [-0.4, -0.2) is 39.4 Å². The molecule has 0 aliphatic heterocycles. The molecule has 2 heterocycles. The van der Waals surface area contributed by atoms with E-state index < -0.39 is 29.1 Å². The third kappa shape index (κ3) is 4.35. The van der Waals surface area contributed by atoms with Crippen molar-refractivity contribution in [3.63, 3.8) is 0 Å². The fourth-order valence-electron chi connectivity index (χ4n) is 2.43. The minimum absolute atomic E-state index is 0.0349. The van der Waals surface area contributed by atoms with Crippen molar-refractivity contribution in [3.8, 4) is 22.2 Å². The number of ether oxygens (including phenoxy) is 2. The summed E-state index contributed by atoms with van der Waals surface area (Å²) in [7, 11) is 1.51. The minimum Gasteiger partial charge on any atom is -0.501 e. The van der Waals surface area contributed by atoms with Crippen LogP contribution in [0.15, 0.2) is 40.5 Å². The second-order valence-electron chi connectivity index (χ2n) is 5.59. The molecule has 0 unspecified atom stereocenters. The van der Waals surface area contributed by atoms with Gasteiger partial charge in [0.2, 0.25) is 5.75 Å². The van der Waals surface area contributed by atoms with E-state index in [2.05, 4.69) is 15.3 Å². The van der Waals surface area contributed by atoms with Gasteiger partial charge in [0.25, 0.3) is 5.56 Å². The Morgan fingerprint density at radius 2 is 2.03 bits per heavy atom. The molecule has 11 heteroatoms. The highest BCUT2D eigenvalue weighted by Crippen LogP contribution is 2.32. The lowest BCUT2D eigenvalue weighted by molar-refractivity contribution is 0.0686. The first kappa shape index (κ1) is 19.9. The third-order valence-electron chi connectivity index (χ3n) is 3.77. The molecule has 4 N–H and O–H groups in total. The Bertz CT molecular complexity index is 1120. The predicted molar refractivity (Wildman–Crippen MR) is 104 cm³/mol. The Kier molecular flexibility index (Phi) is 5.79. The summed E-state index contributed by atoms with van der Waals surface area (Å²) < 4.78 is 10.4. The number of aromatic hydroxyl groups is 1. The highest BCUT2D eigenvalue weighted by Gasteiger charge is 2.20. The molecule has 150 valence electrons. The van der Waals surface area contributed by atoms with Crippen LogP contribution < -0.4 is 15.6 Å². The number of carbonyl (C=O) groups excluding carboxylic acids is 1. The monoisotopic (exact) mass is 417 g/mol. The SMILES string of the molecule is COc1ccccc1COC(=O)Nc1ccsc1-c1nc(C(=O)O)c(O)c(=O)[nH]1. The number of aromatic nitrogens is 2. The third-order valence-corrected chi connectivity index (χ3v) is 4.69. The van der Waals surface area contributed by atoms with Gasteiger partial charge in [-0.2, -0.15) is 0 Å². The molecule has 0 bridgehead atoms. The number of nitrogens with one attached hydrogen (secondary N) is 2. The number of benzene rings is 1. The van der Waals surface area contributed by atoms with Gasteiger partial charge < -0.3 is 24.7 Å². The Hall–Kier alpha value is -3.86. The summed E-state index contributed by atoms with van der Waals surface area (Å²) in [5.41, 5.74) is -0.871. The molecule has 0 aliphatic carbocycles. The maximum absolute atomic E-state index is 12.2. The van der Waals surface area contributed by atoms with Crippen molar-refractivity contribution in [1.82, 2.24) is 9.97 Å². The molecular weight excluding hydrogens is 402 g/mol. The van der Waals surface area contributed by atoms with Crippen molar-refractivity contribution in [1.29, 1.82) is 0 Å². The zero-order chi connectivity index (χ0) is 21.0. The normalized spacial score (nSPS) is 10.4. The molecule has 0 fully saturated rings. The summed E-state index contributed by atoms with van der Waals surface area (Å²) in [5.74, 6) is -2.09. The zero-order valence-electron chi connectivity index (χ0n) is 15.0. The van der Waals surface area contributed by atoms with E-state index >= 15 is 0 Å². The standard InChI is InChI=1S/C18H15N3O7S/c1-27-11-5-3-2-4-9(11)8-28-18(26)19-10-6-7-29-14(10)15-20-12(17(24)25)13(22)16(23)21-15/h2-7,22H,8H2,1H3,(H,19,26)(H,24,25)(H,20,21,23). The number of carboxylic acid groups (broad SMARTS) is 1. The van der Waals surface area contributed by atoms with Crippen LogP contribution in [0.3, 0.4) is 0 Å². The maximum Gasteiger partial charge on any atom is 0.412 e. The van der Waals surface area contributed by atoms with Crippen LogP contribution in [0.4, 0.5) is 10.5 Å². The molecule has 0 saturated heterocycles. The van der Waals surface area contributed by atoms with Gasteiger partial charge in [0.05, 0.1) is 17.7 Å². The molecular formula is C18H15N3O7S. The largest absolute Gasteiger partial charge is 0.501 e. The van der Waals surface area contributed by atoms with Crippen molar-refractivity contribution in [2.75, 3.05) is 12.4 Å². The molecule has 3 rings (SSSR count). The average Bonchev–Trinajstić information content (AvgIpc) is 3.16.